The van der Waals surface area contributed by atoms with Crippen LogP contribution in [0.4, 0.5) is 17.3 Å². The molecule has 7 heteroatoms. The van der Waals surface area contributed by atoms with E-state index < -0.39 is 0 Å². The molecule has 1 aromatic heterocycles. The van der Waals surface area contributed by atoms with Crippen molar-refractivity contribution in [1.29, 1.82) is 0 Å². The minimum atomic E-state index is -0.191. The van der Waals surface area contributed by atoms with E-state index in [9.17, 15) is 4.79 Å². The van der Waals surface area contributed by atoms with E-state index in [1.54, 1.807) is 6.07 Å². The van der Waals surface area contributed by atoms with Gasteiger partial charge in [0.05, 0.1) is 0 Å². The van der Waals surface area contributed by atoms with Gasteiger partial charge in [-0.05, 0) is 58.2 Å². The lowest BCUT2D eigenvalue weighted by Crippen LogP contribution is -2.44. The molecule has 1 aromatic carbocycles. The molecule has 1 fully saturated rings. The van der Waals surface area contributed by atoms with Gasteiger partial charge in [-0.1, -0.05) is 0 Å². The number of nitrogens with one attached hydrogen (secondary N) is 2. The monoisotopic (exact) mass is 368 g/mol. The molecule has 2 N–H and O–H groups in total. The van der Waals surface area contributed by atoms with Gasteiger partial charge in [0.1, 0.15) is 5.69 Å². The third-order valence-corrected chi connectivity index (χ3v) is 4.50. The highest BCUT2D eigenvalue weighted by Crippen LogP contribution is 2.21. The van der Waals surface area contributed by atoms with Crippen LogP contribution in [0.1, 0.15) is 30.0 Å². The quantitative estimate of drug-likeness (QED) is 0.844. The molecular weight excluding hydrogens is 340 g/mol. The van der Waals surface area contributed by atoms with Crippen LogP contribution >= 0.6 is 0 Å². The second-order valence-corrected chi connectivity index (χ2v) is 7.31. The zero-order valence-electron chi connectivity index (χ0n) is 16.5. The zero-order chi connectivity index (χ0) is 19.4. The molecule has 0 atom stereocenters. The molecule has 1 amide bonds. The Hall–Kier alpha value is -2.67. The first kappa shape index (κ1) is 19.1. The van der Waals surface area contributed by atoms with Crippen LogP contribution in [0.25, 0.3) is 0 Å². The highest BCUT2D eigenvalue weighted by Gasteiger charge is 2.15. The fraction of sp³-hybridized carbons (Fsp3) is 0.450. The maximum Gasteiger partial charge on any atom is 0.270 e. The predicted molar refractivity (Wildman–Crippen MR) is 109 cm³/mol. The SMILES string of the molecule is Cc1cc(C(=O)NC(C)C)nc(Nc2ccc(N3CCN(C)CC3)cc2)n1. The molecule has 2 aromatic rings. The van der Waals surface area contributed by atoms with Crippen molar-refractivity contribution in [2.45, 2.75) is 26.8 Å². The Morgan fingerprint density at radius 3 is 2.37 bits per heavy atom. The number of rotatable bonds is 5. The number of nitrogens with zero attached hydrogens (tertiary/aromatic N) is 4. The lowest BCUT2D eigenvalue weighted by molar-refractivity contribution is 0.0938. The zero-order valence-corrected chi connectivity index (χ0v) is 16.5. The second kappa shape index (κ2) is 8.35. The van der Waals surface area contributed by atoms with Crippen LogP contribution in [0.5, 0.6) is 0 Å². The number of amides is 1. The summed E-state index contributed by atoms with van der Waals surface area (Å²) in [6.45, 7) is 9.95. The van der Waals surface area contributed by atoms with Crippen LogP contribution in [0, 0.1) is 6.92 Å². The number of hydrogen-bond acceptors (Lipinski definition) is 6. The topological polar surface area (TPSA) is 73.4 Å². The Labute approximate surface area is 160 Å². The Morgan fingerprint density at radius 2 is 1.74 bits per heavy atom. The molecule has 7 nitrogen and oxygen atoms in total. The summed E-state index contributed by atoms with van der Waals surface area (Å²) in [6.07, 6.45) is 0. The number of carbonyl (C=O) groups excluding carboxylic acids is 1. The second-order valence-electron chi connectivity index (χ2n) is 7.31. The Balaban J connectivity index is 1.70. The third kappa shape index (κ3) is 5.17. The minimum Gasteiger partial charge on any atom is -0.369 e. The molecule has 0 aliphatic carbocycles. The average Bonchev–Trinajstić information content (AvgIpc) is 2.62. The number of aryl methyl sites for hydroxylation is 1. The molecule has 0 radical (unpaired) electrons. The van der Waals surface area contributed by atoms with E-state index in [1.807, 2.05) is 32.9 Å². The van der Waals surface area contributed by atoms with Gasteiger partial charge < -0.3 is 20.4 Å². The Bertz CT molecular complexity index is 782. The number of anilines is 3. The number of aromatic nitrogens is 2. The molecular formula is C20H28N6O. The molecule has 144 valence electrons. The number of hydrogen-bond donors (Lipinski definition) is 2. The summed E-state index contributed by atoms with van der Waals surface area (Å²) in [5.41, 5.74) is 3.23. The summed E-state index contributed by atoms with van der Waals surface area (Å²) in [5, 5.41) is 6.06. The highest BCUT2D eigenvalue weighted by atomic mass is 16.1. The van der Waals surface area contributed by atoms with Crippen molar-refractivity contribution in [3.8, 4) is 0 Å². The van der Waals surface area contributed by atoms with Crippen molar-refractivity contribution in [2.75, 3.05) is 43.4 Å². The van der Waals surface area contributed by atoms with Gasteiger partial charge in [-0.3, -0.25) is 4.79 Å². The van der Waals surface area contributed by atoms with Crippen molar-refractivity contribution >= 4 is 23.2 Å². The van der Waals surface area contributed by atoms with Crippen molar-refractivity contribution < 1.29 is 4.79 Å². The van der Waals surface area contributed by atoms with Gasteiger partial charge in [0.15, 0.2) is 0 Å². The molecule has 0 spiro atoms. The molecule has 1 aliphatic rings. The van der Waals surface area contributed by atoms with E-state index in [2.05, 4.69) is 49.6 Å². The van der Waals surface area contributed by atoms with Crippen LogP contribution in [0.15, 0.2) is 30.3 Å². The fourth-order valence-electron chi connectivity index (χ4n) is 3.03. The van der Waals surface area contributed by atoms with E-state index >= 15 is 0 Å². The van der Waals surface area contributed by atoms with E-state index in [1.165, 1.54) is 5.69 Å². The normalized spacial score (nSPS) is 15.1. The molecule has 1 saturated heterocycles. The van der Waals surface area contributed by atoms with Gasteiger partial charge in [-0.15, -0.1) is 0 Å². The van der Waals surface area contributed by atoms with Gasteiger partial charge in [0.2, 0.25) is 5.95 Å². The van der Waals surface area contributed by atoms with Gasteiger partial charge in [-0.25, -0.2) is 9.97 Å². The number of piperazine rings is 1. The maximum absolute atomic E-state index is 12.2. The first-order valence-electron chi connectivity index (χ1n) is 9.38. The van der Waals surface area contributed by atoms with Crippen LogP contribution in [-0.2, 0) is 0 Å². The lowest BCUT2D eigenvalue weighted by Gasteiger charge is -2.34. The summed E-state index contributed by atoms with van der Waals surface area (Å²) in [5.74, 6) is 0.236. The van der Waals surface area contributed by atoms with Gasteiger partial charge >= 0.3 is 0 Å². The Kier molecular flexibility index (Phi) is 5.91. The fourth-order valence-corrected chi connectivity index (χ4v) is 3.03. The van der Waals surface area contributed by atoms with Crippen LogP contribution in [-0.4, -0.2) is 60.0 Å². The molecule has 0 saturated carbocycles. The lowest BCUT2D eigenvalue weighted by atomic mass is 10.2. The van der Waals surface area contributed by atoms with Crippen molar-refractivity contribution in [3.05, 3.63) is 41.7 Å². The average molecular weight is 368 g/mol. The number of carbonyl (C=O) groups is 1. The predicted octanol–water partition coefficient (Wildman–Crippen LogP) is 2.42. The van der Waals surface area contributed by atoms with Crippen LogP contribution < -0.4 is 15.5 Å². The smallest absolute Gasteiger partial charge is 0.270 e. The molecule has 27 heavy (non-hydrogen) atoms. The Morgan fingerprint density at radius 1 is 1.07 bits per heavy atom. The van der Waals surface area contributed by atoms with E-state index in [4.69, 9.17) is 0 Å². The largest absolute Gasteiger partial charge is 0.369 e. The number of likely N-dealkylation sites (N-methyl/N-ethyl adjacent to an activating group) is 1. The summed E-state index contributed by atoms with van der Waals surface area (Å²) in [7, 11) is 2.15. The molecule has 1 aliphatic heterocycles. The van der Waals surface area contributed by atoms with Crippen molar-refractivity contribution in [2.24, 2.45) is 0 Å². The number of benzene rings is 1. The molecule has 0 bridgehead atoms. The summed E-state index contributed by atoms with van der Waals surface area (Å²) < 4.78 is 0. The van der Waals surface area contributed by atoms with Crippen LogP contribution in [0.3, 0.4) is 0 Å². The van der Waals surface area contributed by atoms with E-state index in [0.717, 1.165) is 37.6 Å². The van der Waals surface area contributed by atoms with Crippen LogP contribution in [0.2, 0.25) is 0 Å². The maximum atomic E-state index is 12.2. The van der Waals surface area contributed by atoms with Crippen molar-refractivity contribution in [1.82, 2.24) is 20.2 Å². The van der Waals surface area contributed by atoms with Crippen molar-refractivity contribution in [3.63, 3.8) is 0 Å². The molecule has 3 rings (SSSR count). The third-order valence-electron chi connectivity index (χ3n) is 4.50. The highest BCUT2D eigenvalue weighted by molar-refractivity contribution is 5.92. The van der Waals surface area contributed by atoms with Gasteiger partial charge in [-0.2, -0.15) is 0 Å². The minimum absolute atomic E-state index is 0.0614. The molecule has 0 unspecified atom stereocenters. The first-order chi connectivity index (χ1) is 12.9. The molecule has 2 heterocycles. The first-order valence-corrected chi connectivity index (χ1v) is 9.38. The van der Waals surface area contributed by atoms with E-state index in [-0.39, 0.29) is 11.9 Å². The summed E-state index contributed by atoms with van der Waals surface area (Å²) in [6, 6.07) is 10.0. The van der Waals surface area contributed by atoms with Gasteiger partial charge in [0.25, 0.3) is 5.91 Å². The van der Waals surface area contributed by atoms with E-state index in [0.29, 0.717) is 11.6 Å². The summed E-state index contributed by atoms with van der Waals surface area (Å²) >= 11 is 0. The summed E-state index contributed by atoms with van der Waals surface area (Å²) in [4.78, 5) is 25.7. The standard InChI is InChI=1S/C20H28N6O/c1-14(2)21-19(27)18-13-15(3)22-20(24-18)23-16-5-7-17(8-6-16)26-11-9-25(4)10-12-26/h5-8,13-14H,9-12H2,1-4H3,(H,21,27)(H,22,23,24). The van der Waals surface area contributed by atoms with Gasteiger partial charge in [0, 0.05) is 49.3 Å².